The molecule has 2 aromatic carbocycles. The summed E-state index contributed by atoms with van der Waals surface area (Å²) in [7, 11) is 3.45. The SMILES string of the molecule is COc1ccccc1OCCN(C)CC(O)c1ccccc1F. The van der Waals surface area contributed by atoms with Gasteiger partial charge >= 0.3 is 0 Å². The molecule has 1 N–H and O–H groups in total. The zero-order chi connectivity index (χ0) is 16.7. The summed E-state index contributed by atoms with van der Waals surface area (Å²) in [6.45, 7) is 1.38. The fourth-order valence-electron chi connectivity index (χ4n) is 2.28. The van der Waals surface area contributed by atoms with Gasteiger partial charge in [0.05, 0.1) is 13.2 Å². The molecule has 0 aromatic heterocycles. The molecule has 124 valence electrons. The normalized spacial score (nSPS) is 12.2. The van der Waals surface area contributed by atoms with Crippen LogP contribution < -0.4 is 9.47 Å². The third kappa shape index (κ3) is 4.94. The largest absolute Gasteiger partial charge is 0.493 e. The third-order valence-electron chi connectivity index (χ3n) is 3.55. The van der Waals surface area contributed by atoms with E-state index in [4.69, 9.17) is 9.47 Å². The second kappa shape index (κ2) is 8.50. The van der Waals surface area contributed by atoms with Crippen molar-refractivity contribution in [2.75, 3.05) is 33.9 Å². The van der Waals surface area contributed by atoms with Crippen LogP contribution in [-0.4, -0.2) is 43.9 Å². The van der Waals surface area contributed by atoms with Crippen molar-refractivity contribution in [3.63, 3.8) is 0 Å². The summed E-state index contributed by atoms with van der Waals surface area (Å²) < 4.78 is 24.5. The number of benzene rings is 2. The summed E-state index contributed by atoms with van der Waals surface area (Å²) in [6.07, 6.45) is -0.868. The first-order valence-corrected chi connectivity index (χ1v) is 7.48. The van der Waals surface area contributed by atoms with Crippen molar-refractivity contribution in [2.24, 2.45) is 0 Å². The van der Waals surface area contributed by atoms with Gasteiger partial charge in [-0.25, -0.2) is 4.39 Å². The van der Waals surface area contributed by atoms with Crippen LogP contribution in [0.25, 0.3) is 0 Å². The van der Waals surface area contributed by atoms with E-state index in [0.29, 0.717) is 36.8 Å². The number of aliphatic hydroxyl groups excluding tert-OH is 1. The molecular weight excluding hydrogens is 297 g/mol. The Labute approximate surface area is 136 Å². The van der Waals surface area contributed by atoms with Gasteiger partial charge in [0, 0.05) is 18.7 Å². The van der Waals surface area contributed by atoms with Gasteiger partial charge in [0.2, 0.25) is 0 Å². The minimum absolute atomic E-state index is 0.310. The summed E-state index contributed by atoms with van der Waals surface area (Å²) in [6, 6.07) is 13.7. The minimum Gasteiger partial charge on any atom is -0.493 e. The van der Waals surface area contributed by atoms with E-state index in [1.807, 2.05) is 36.2 Å². The molecule has 0 bridgehead atoms. The first-order chi connectivity index (χ1) is 11.1. The second-order valence-electron chi connectivity index (χ2n) is 5.30. The Morgan fingerprint density at radius 2 is 1.74 bits per heavy atom. The van der Waals surface area contributed by atoms with Crippen molar-refractivity contribution in [2.45, 2.75) is 6.10 Å². The Kier molecular flexibility index (Phi) is 6.38. The van der Waals surface area contributed by atoms with Crippen LogP contribution in [0.5, 0.6) is 11.5 Å². The Morgan fingerprint density at radius 3 is 2.43 bits per heavy atom. The van der Waals surface area contributed by atoms with E-state index < -0.39 is 11.9 Å². The summed E-state index contributed by atoms with van der Waals surface area (Å²) in [4.78, 5) is 1.90. The highest BCUT2D eigenvalue weighted by atomic mass is 19.1. The van der Waals surface area contributed by atoms with E-state index in [1.54, 1.807) is 25.3 Å². The highest BCUT2D eigenvalue weighted by Crippen LogP contribution is 2.25. The van der Waals surface area contributed by atoms with Gasteiger partial charge in [-0.3, -0.25) is 0 Å². The first kappa shape index (κ1) is 17.2. The van der Waals surface area contributed by atoms with E-state index in [-0.39, 0.29) is 0 Å². The molecular formula is C18H22FNO3. The molecule has 23 heavy (non-hydrogen) atoms. The molecule has 0 aliphatic rings. The third-order valence-corrected chi connectivity index (χ3v) is 3.55. The maximum Gasteiger partial charge on any atom is 0.161 e. The molecule has 1 atom stereocenters. The molecule has 0 aliphatic carbocycles. The van der Waals surface area contributed by atoms with Gasteiger partial charge in [0.25, 0.3) is 0 Å². The molecule has 0 amide bonds. The van der Waals surface area contributed by atoms with Gasteiger partial charge in [-0.1, -0.05) is 30.3 Å². The monoisotopic (exact) mass is 319 g/mol. The van der Waals surface area contributed by atoms with E-state index >= 15 is 0 Å². The maximum absolute atomic E-state index is 13.6. The molecule has 0 saturated heterocycles. The van der Waals surface area contributed by atoms with E-state index in [9.17, 15) is 9.50 Å². The van der Waals surface area contributed by atoms with Gasteiger partial charge in [0.1, 0.15) is 12.4 Å². The predicted molar refractivity (Wildman–Crippen MR) is 87.3 cm³/mol. The fourth-order valence-corrected chi connectivity index (χ4v) is 2.28. The molecule has 0 spiro atoms. The van der Waals surface area contributed by atoms with Crippen LogP contribution in [0.1, 0.15) is 11.7 Å². The van der Waals surface area contributed by atoms with Gasteiger partial charge in [-0.2, -0.15) is 0 Å². The summed E-state index contributed by atoms with van der Waals surface area (Å²) in [5, 5.41) is 10.1. The van der Waals surface area contributed by atoms with Gasteiger partial charge in [-0.05, 0) is 25.2 Å². The van der Waals surface area contributed by atoms with Crippen LogP contribution >= 0.6 is 0 Å². The lowest BCUT2D eigenvalue weighted by Crippen LogP contribution is -2.29. The van der Waals surface area contributed by atoms with E-state index in [2.05, 4.69) is 0 Å². The molecule has 5 heteroatoms. The van der Waals surface area contributed by atoms with Gasteiger partial charge in [0.15, 0.2) is 11.5 Å². The van der Waals surface area contributed by atoms with Crippen LogP contribution in [-0.2, 0) is 0 Å². The molecule has 2 aromatic rings. The zero-order valence-electron chi connectivity index (χ0n) is 13.4. The fraction of sp³-hybridized carbons (Fsp3) is 0.333. The van der Waals surface area contributed by atoms with Crippen molar-refractivity contribution in [3.8, 4) is 11.5 Å². The van der Waals surface area contributed by atoms with Crippen molar-refractivity contribution >= 4 is 0 Å². The topological polar surface area (TPSA) is 41.9 Å². The Hall–Kier alpha value is -2.11. The molecule has 0 radical (unpaired) electrons. The summed E-state index contributed by atoms with van der Waals surface area (Å²) in [5.41, 5.74) is 0.310. The number of halogens is 1. The lowest BCUT2D eigenvalue weighted by Gasteiger charge is -2.21. The lowest BCUT2D eigenvalue weighted by molar-refractivity contribution is 0.114. The minimum atomic E-state index is -0.868. The van der Waals surface area contributed by atoms with Crippen molar-refractivity contribution in [3.05, 3.63) is 59.9 Å². The number of rotatable bonds is 8. The molecule has 4 nitrogen and oxygen atoms in total. The number of para-hydroxylation sites is 2. The number of ether oxygens (including phenoxy) is 2. The highest BCUT2D eigenvalue weighted by molar-refractivity contribution is 5.39. The predicted octanol–water partition coefficient (Wildman–Crippen LogP) is 2.88. The molecule has 0 aliphatic heterocycles. The molecule has 0 fully saturated rings. The lowest BCUT2D eigenvalue weighted by atomic mass is 10.1. The smallest absolute Gasteiger partial charge is 0.161 e. The number of hydrogen-bond donors (Lipinski definition) is 1. The zero-order valence-corrected chi connectivity index (χ0v) is 13.4. The average molecular weight is 319 g/mol. The number of nitrogens with zero attached hydrogens (tertiary/aromatic N) is 1. The Morgan fingerprint density at radius 1 is 1.09 bits per heavy atom. The Bertz CT molecular complexity index is 621. The second-order valence-corrected chi connectivity index (χ2v) is 5.30. The van der Waals surface area contributed by atoms with Crippen LogP contribution in [0.3, 0.4) is 0 Å². The summed E-state index contributed by atoms with van der Waals surface area (Å²) in [5.74, 6) is 0.971. The maximum atomic E-state index is 13.6. The highest BCUT2D eigenvalue weighted by Gasteiger charge is 2.14. The average Bonchev–Trinajstić information content (AvgIpc) is 2.55. The van der Waals surface area contributed by atoms with Gasteiger partial charge in [-0.15, -0.1) is 0 Å². The number of likely N-dealkylation sites (N-methyl/N-ethyl adjacent to an activating group) is 1. The molecule has 2 rings (SSSR count). The van der Waals surface area contributed by atoms with E-state index in [1.165, 1.54) is 6.07 Å². The Balaban J connectivity index is 1.81. The van der Waals surface area contributed by atoms with Gasteiger partial charge < -0.3 is 19.5 Å². The quantitative estimate of drug-likeness (QED) is 0.812. The first-order valence-electron chi connectivity index (χ1n) is 7.48. The van der Waals surface area contributed by atoms with Crippen molar-refractivity contribution in [1.82, 2.24) is 4.90 Å². The molecule has 0 saturated carbocycles. The van der Waals surface area contributed by atoms with Crippen LogP contribution in [0, 0.1) is 5.82 Å². The van der Waals surface area contributed by atoms with Crippen molar-refractivity contribution < 1.29 is 19.0 Å². The standard InChI is InChI=1S/C18H22FNO3/c1-20(13-16(21)14-7-3-4-8-15(14)19)11-12-23-18-10-6-5-9-17(18)22-2/h3-10,16,21H,11-13H2,1-2H3. The molecule has 0 heterocycles. The van der Waals surface area contributed by atoms with Crippen molar-refractivity contribution in [1.29, 1.82) is 0 Å². The van der Waals surface area contributed by atoms with E-state index in [0.717, 1.165) is 0 Å². The van der Waals surface area contributed by atoms with Crippen LogP contribution in [0.4, 0.5) is 4.39 Å². The van der Waals surface area contributed by atoms with Crippen LogP contribution in [0.15, 0.2) is 48.5 Å². The number of hydrogen-bond acceptors (Lipinski definition) is 4. The van der Waals surface area contributed by atoms with Crippen LogP contribution in [0.2, 0.25) is 0 Å². The number of methoxy groups -OCH3 is 1. The molecule has 1 unspecified atom stereocenters. The number of aliphatic hydroxyl groups is 1. The summed E-state index contributed by atoms with van der Waals surface area (Å²) >= 11 is 0.